The molecule has 328 valence electrons. The molecule has 12 heteroatoms. The summed E-state index contributed by atoms with van der Waals surface area (Å²) in [5.74, 6) is -0.973. The molecule has 61 heavy (non-hydrogen) atoms. The number of amides is 2. The zero-order chi connectivity index (χ0) is 43.9. The molecule has 4 atom stereocenters. The number of carbonyl (C=O) groups is 3. The molecule has 1 fully saturated rings. The maximum absolute atomic E-state index is 15.1. The Bertz CT molecular complexity index is 1930. The van der Waals surface area contributed by atoms with Crippen LogP contribution in [0.5, 0.6) is 0 Å². The van der Waals surface area contributed by atoms with E-state index in [-0.39, 0.29) is 59.2 Å². The number of hydrogen-bond acceptors (Lipinski definition) is 10. The zero-order valence-corrected chi connectivity index (χ0v) is 36.4. The van der Waals surface area contributed by atoms with Crippen molar-refractivity contribution in [2.75, 3.05) is 39.4 Å². The molecule has 0 saturated carbocycles. The first-order chi connectivity index (χ1) is 29.1. The van der Waals surface area contributed by atoms with Gasteiger partial charge in [0.25, 0.3) is 5.91 Å². The Labute approximate surface area is 360 Å². The van der Waals surface area contributed by atoms with Crippen molar-refractivity contribution in [2.24, 2.45) is 5.41 Å². The molecular formula is C49H62N2O10. The summed E-state index contributed by atoms with van der Waals surface area (Å²) in [6.45, 7) is 10.7. The predicted octanol–water partition coefficient (Wildman–Crippen LogP) is 7.36. The summed E-state index contributed by atoms with van der Waals surface area (Å²) in [4.78, 5) is 44.7. The summed E-state index contributed by atoms with van der Waals surface area (Å²) in [5.41, 5.74) is -0.401. The fourth-order valence-electron chi connectivity index (χ4n) is 6.63. The lowest BCUT2D eigenvalue weighted by Crippen LogP contribution is -2.63. The van der Waals surface area contributed by atoms with Crippen LogP contribution < -0.4 is 0 Å². The molecule has 12 nitrogen and oxygen atoms in total. The molecule has 0 aliphatic carbocycles. The highest BCUT2D eigenvalue weighted by molar-refractivity contribution is 5.82. The number of rotatable bonds is 19. The van der Waals surface area contributed by atoms with Gasteiger partial charge in [0.05, 0.1) is 38.4 Å². The molecule has 0 bridgehead atoms. The van der Waals surface area contributed by atoms with Gasteiger partial charge < -0.3 is 43.3 Å². The summed E-state index contributed by atoms with van der Waals surface area (Å²) >= 11 is 0. The predicted molar refractivity (Wildman–Crippen MR) is 231 cm³/mol. The standard InChI is InChI=1S/C49H62N2O10/c1-47(2,3)45(53)60-36-49(55,35-56-31-37-19-11-7-12-20-37)43(59-34-40-25-17-10-18-26-40)41(57-32-38-21-13-8-14-22-38)42(58-33-39-23-15-9-16-24-39)44(52)50-27-29-51(30-28-50)46(54)61-48(4,5)6/h7-26,41-43,55H,27-36H2,1-6H3/t41-,42-,43+,49-/m1/s1. The molecular weight excluding hydrogens is 777 g/mol. The summed E-state index contributed by atoms with van der Waals surface area (Å²) in [6, 6.07) is 37.8. The average Bonchev–Trinajstić information content (AvgIpc) is 3.25. The molecule has 0 unspecified atom stereocenters. The highest BCUT2D eigenvalue weighted by Crippen LogP contribution is 2.30. The molecule has 4 aromatic carbocycles. The van der Waals surface area contributed by atoms with E-state index in [1.54, 1.807) is 30.6 Å². The van der Waals surface area contributed by atoms with Crippen LogP contribution in [0.1, 0.15) is 63.8 Å². The van der Waals surface area contributed by atoms with E-state index in [0.29, 0.717) is 0 Å². The maximum atomic E-state index is 15.1. The Hall–Kier alpha value is -5.11. The lowest BCUT2D eigenvalue weighted by Gasteiger charge is -2.43. The Morgan fingerprint density at radius 3 is 1.46 bits per heavy atom. The summed E-state index contributed by atoms with van der Waals surface area (Å²) in [6.07, 6.45) is -4.51. The van der Waals surface area contributed by atoms with Crippen LogP contribution in [0, 0.1) is 5.41 Å². The largest absolute Gasteiger partial charge is 0.462 e. The van der Waals surface area contributed by atoms with Gasteiger partial charge in [-0.15, -0.1) is 0 Å². The van der Waals surface area contributed by atoms with Crippen LogP contribution in [0.3, 0.4) is 0 Å². The van der Waals surface area contributed by atoms with Crippen molar-refractivity contribution in [1.29, 1.82) is 0 Å². The third-order valence-electron chi connectivity index (χ3n) is 9.97. The third kappa shape index (κ3) is 14.8. The van der Waals surface area contributed by atoms with Crippen molar-refractivity contribution >= 4 is 18.0 Å². The molecule has 1 aliphatic rings. The van der Waals surface area contributed by atoms with Crippen molar-refractivity contribution in [2.45, 2.75) is 97.5 Å². The minimum Gasteiger partial charge on any atom is -0.462 e. The maximum Gasteiger partial charge on any atom is 0.410 e. The molecule has 0 spiro atoms. The van der Waals surface area contributed by atoms with E-state index in [0.717, 1.165) is 22.3 Å². The van der Waals surface area contributed by atoms with Crippen LogP contribution in [0.15, 0.2) is 121 Å². The van der Waals surface area contributed by atoms with Crippen molar-refractivity contribution in [3.63, 3.8) is 0 Å². The van der Waals surface area contributed by atoms with E-state index in [9.17, 15) is 14.7 Å². The van der Waals surface area contributed by atoms with E-state index >= 15 is 4.79 Å². The number of esters is 1. The molecule has 0 radical (unpaired) electrons. The molecule has 0 aromatic heterocycles. The van der Waals surface area contributed by atoms with Crippen LogP contribution in [0.25, 0.3) is 0 Å². The van der Waals surface area contributed by atoms with Gasteiger partial charge >= 0.3 is 12.1 Å². The average molecular weight is 839 g/mol. The van der Waals surface area contributed by atoms with Crippen molar-refractivity contribution in [3.05, 3.63) is 144 Å². The topological polar surface area (TPSA) is 133 Å². The zero-order valence-electron chi connectivity index (χ0n) is 36.4. The Morgan fingerprint density at radius 2 is 1.00 bits per heavy atom. The highest BCUT2D eigenvalue weighted by Gasteiger charge is 2.51. The SMILES string of the molecule is CC(C)(C)OC(=O)N1CCN(C(=O)[C@H](OCc2ccccc2)[C@@H](OCc2ccccc2)[C@H](OCc2ccccc2)[C@@](O)(COCc2ccccc2)COC(=O)C(C)(C)C)CC1. The summed E-state index contributed by atoms with van der Waals surface area (Å²) < 4.78 is 38.0. The smallest absolute Gasteiger partial charge is 0.410 e. The van der Waals surface area contributed by atoms with Crippen LogP contribution in [-0.2, 0) is 64.4 Å². The lowest BCUT2D eigenvalue weighted by molar-refractivity contribution is -0.237. The van der Waals surface area contributed by atoms with Crippen LogP contribution >= 0.6 is 0 Å². The van der Waals surface area contributed by atoms with E-state index in [1.807, 2.05) is 142 Å². The number of ether oxygens (including phenoxy) is 6. The third-order valence-corrected chi connectivity index (χ3v) is 9.97. The van der Waals surface area contributed by atoms with E-state index in [2.05, 4.69) is 0 Å². The minimum atomic E-state index is -2.09. The van der Waals surface area contributed by atoms with Gasteiger partial charge in [0.1, 0.15) is 24.4 Å². The molecule has 2 amide bonds. The second-order valence-corrected chi connectivity index (χ2v) is 17.4. The van der Waals surface area contributed by atoms with Crippen molar-refractivity contribution in [1.82, 2.24) is 9.80 Å². The first-order valence-electron chi connectivity index (χ1n) is 20.9. The minimum absolute atomic E-state index is 0.000918. The second-order valence-electron chi connectivity index (χ2n) is 17.4. The van der Waals surface area contributed by atoms with Crippen LogP contribution in [0.4, 0.5) is 4.79 Å². The van der Waals surface area contributed by atoms with Gasteiger partial charge in [-0.3, -0.25) is 9.59 Å². The monoisotopic (exact) mass is 838 g/mol. The quantitative estimate of drug-likeness (QED) is 0.0956. The van der Waals surface area contributed by atoms with Crippen LogP contribution in [-0.4, -0.2) is 102 Å². The first kappa shape index (κ1) is 46.9. The first-order valence-corrected chi connectivity index (χ1v) is 20.9. The van der Waals surface area contributed by atoms with Gasteiger partial charge in [-0.05, 0) is 63.8 Å². The molecule has 1 aliphatic heterocycles. The van der Waals surface area contributed by atoms with E-state index in [4.69, 9.17) is 28.4 Å². The van der Waals surface area contributed by atoms with Gasteiger partial charge in [-0.1, -0.05) is 121 Å². The molecule has 5 rings (SSSR count). The normalized spacial score (nSPS) is 15.9. The van der Waals surface area contributed by atoms with Gasteiger partial charge in [0, 0.05) is 26.2 Å². The van der Waals surface area contributed by atoms with Gasteiger partial charge in [-0.25, -0.2) is 4.79 Å². The highest BCUT2D eigenvalue weighted by atomic mass is 16.6. The Morgan fingerprint density at radius 1 is 0.574 bits per heavy atom. The number of hydrogen-bond donors (Lipinski definition) is 1. The molecule has 1 N–H and O–H groups in total. The Balaban J connectivity index is 1.58. The number of benzene rings is 4. The van der Waals surface area contributed by atoms with Gasteiger partial charge in [-0.2, -0.15) is 0 Å². The Kier molecular flexibility index (Phi) is 17.0. The van der Waals surface area contributed by atoms with Crippen LogP contribution in [0.2, 0.25) is 0 Å². The molecule has 1 saturated heterocycles. The summed E-state index contributed by atoms with van der Waals surface area (Å²) in [7, 11) is 0. The lowest BCUT2D eigenvalue weighted by atomic mass is 9.89. The number of carbonyl (C=O) groups excluding carboxylic acids is 3. The van der Waals surface area contributed by atoms with Crippen molar-refractivity contribution < 1.29 is 47.9 Å². The van der Waals surface area contributed by atoms with Gasteiger partial charge in [0.2, 0.25) is 0 Å². The van der Waals surface area contributed by atoms with E-state index < -0.39 is 59.5 Å². The van der Waals surface area contributed by atoms with Gasteiger partial charge in [0.15, 0.2) is 11.7 Å². The second kappa shape index (κ2) is 22.1. The molecule has 1 heterocycles. The summed E-state index contributed by atoms with van der Waals surface area (Å²) in [5, 5.41) is 13.1. The van der Waals surface area contributed by atoms with Crippen molar-refractivity contribution in [3.8, 4) is 0 Å². The number of piperazine rings is 1. The van der Waals surface area contributed by atoms with E-state index in [1.165, 1.54) is 0 Å². The molecule has 4 aromatic rings. The fourth-order valence-corrected chi connectivity index (χ4v) is 6.63. The number of aliphatic hydroxyl groups is 1. The number of nitrogens with zero attached hydrogens (tertiary/aromatic N) is 2. The fraction of sp³-hybridized carbons (Fsp3) is 0.449.